The van der Waals surface area contributed by atoms with Crippen LogP contribution in [0.2, 0.25) is 5.02 Å². The van der Waals surface area contributed by atoms with Gasteiger partial charge in [0.25, 0.3) is 0 Å². The van der Waals surface area contributed by atoms with E-state index in [1.165, 1.54) is 30.5 Å². The van der Waals surface area contributed by atoms with Crippen LogP contribution in [0.3, 0.4) is 0 Å². The monoisotopic (exact) mass is 308 g/mol. The van der Waals surface area contributed by atoms with Gasteiger partial charge in [0.05, 0.1) is 10.7 Å². The summed E-state index contributed by atoms with van der Waals surface area (Å²) in [6, 6.07) is 6.76. The van der Waals surface area contributed by atoms with Crippen LogP contribution in [0.25, 0.3) is 0 Å². The third-order valence-electron chi connectivity index (χ3n) is 4.91. The van der Waals surface area contributed by atoms with Gasteiger partial charge in [0.1, 0.15) is 0 Å². The van der Waals surface area contributed by atoms with Gasteiger partial charge in [-0.25, -0.2) is 0 Å². The van der Waals surface area contributed by atoms with Crippen molar-refractivity contribution < 1.29 is 0 Å². The Labute approximate surface area is 134 Å². The third-order valence-corrected chi connectivity index (χ3v) is 5.22. The van der Waals surface area contributed by atoms with E-state index in [2.05, 4.69) is 50.0 Å². The van der Waals surface area contributed by atoms with E-state index >= 15 is 0 Å². The zero-order valence-electron chi connectivity index (χ0n) is 13.9. The van der Waals surface area contributed by atoms with Gasteiger partial charge in [-0.2, -0.15) is 0 Å². The molecular weight excluding hydrogens is 280 g/mol. The van der Waals surface area contributed by atoms with Crippen molar-refractivity contribution in [1.82, 2.24) is 5.32 Å². The molecule has 3 heteroatoms. The molecule has 0 amide bonds. The summed E-state index contributed by atoms with van der Waals surface area (Å²) in [6.07, 6.45) is 3.78. The summed E-state index contributed by atoms with van der Waals surface area (Å²) >= 11 is 6.51. The Morgan fingerprint density at radius 3 is 2.52 bits per heavy atom. The van der Waals surface area contributed by atoms with E-state index in [0.717, 1.165) is 24.7 Å². The van der Waals surface area contributed by atoms with Crippen molar-refractivity contribution >= 4 is 17.3 Å². The quantitative estimate of drug-likeness (QED) is 0.836. The molecule has 1 aliphatic heterocycles. The molecule has 2 nitrogen and oxygen atoms in total. The number of rotatable bonds is 5. The molecule has 0 aliphatic carbocycles. The number of anilines is 1. The Morgan fingerprint density at radius 1 is 1.29 bits per heavy atom. The fourth-order valence-corrected chi connectivity index (χ4v) is 3.31. The highest BCUT2D eigenvalue weighted by Gasteiger charge is 2.29. The predicted molar refractivity (Wildman–Crippen MR) is 93.3 cm³/mol. The van der Waals surface area contributed by atoms with Crippen molar-refractivity contribution in [3.63, 3.8) is 0 Å². The van der Waals surface area contributed by atoms with Crippen LogP contribution in [-0.4, -0.2) is 19.1 Å². The van der Waals surface area contributed by atoms with Crippen LogP contribution in [0.15, 0.2) is 18.2 Å². The lowest BCUT2D eigenvalue weighted by Crippen LogP contribution is -2.39. The first-order valence-electron chi connectivity index (χ1n) is 8.21. The molecule has 0 saturated carbocycles. The molecule has 1 aromatic carbocycles. The summed E-state index contributed by atoms with van der Waals surface area (Å²) < 4.78 is 0. The van der Waals surface area contributed by atoms with E-state index in [1.54, 1.807) is 0 Å². The molecule has 1 saturated heterocycles. The summed E-state index contributed by atoms with van der Waals surface area (Å²) in [6.45, 7) is 12.2. The lowest BCUT2D eigenvalue weighted by molar-refractivity contribution is 0.238. The van der Waals surface area contributed by atoms with E-state index in [4.69, 9.17) is 11.6 Å². The van der Waals surface area contributed by atoms with Crippen molar-refractivity contribution in [2.45, 2.75) is 59.5 Å². The van der Waals surface area contributed by atoms with Crippen molar-refractivity contribution in [1.29, 1.82) is 0 Å². The van der Waals surface area contributed by atoms with E-state index < -0.39 is 0 Å². The minimum Gasteiger partial charge on any atom is -0.370 e. The average Bonchev–Trinajstić information content (AvgIpc) is 2.46. The van der Waals surface area contributed by atoms with Crippen LogP contribution in [-0.2, 0) is 6.54 Å². The highest BCUT2D eigenvalue weighted by Crippen LogP contribution is 2.38. The molecule has 21 heavy (non-hydrogen) atoms. The van der Waals surface area contributed by atoms with E-state index in [0.29, 0.717) is 11.5 Å². The fourth-order valence-electron chi connectivity index (χ4n) is 2.99. The molecule has 1 aliphatic rings. The lowest BCUT2D eigenvalue weighted by atomic mass is 9.78. The number of nitrogens with one attached hydrogen (secondary N) is 1. The van der Waals surface area contributed by atoms with Gasteiger partial charge < -0.3 is 10.2 Å². The fraction of sp³-hybridized carbons (Fsp3) is 0.667. The van der Waals surface area contributed by atoms with Crippen LogP contribution >= 0.6 is 11.6 Å². The van der Waals surface area contributed by atoms with Gasteiger partial charge in [-0.05, 0) is 29.9 Å². The number of hydrogen-bond donors (Lipinski definition) is 1. The molecule has 1 aromatic rings. The van der Waals surface area contributed by atoms with E-state index in [9.17, 15) is 0 Å². The zero-order chi connectivity index (χ0) is 15.5. The van der Waals surface area contributed by atoms with Crippen LogP contribution in [0.1, 0.15) is 52.5 Å². The van der Waals surface area contributed by atoms with Crippen LogP contribution < -0.4 is 10.2 Å². The predicted octanol–water partition coefficient (Wildman–Crippen LogP) is 4.85. The second kappa shape index (κ2) is 7.02. The summed E-state index contributed by atoms with van der Waals surface area (Å²) in [5, 5.41) is 4.40. The third kappa shape index (κ3) is 4.14. The number of nitrogens with zero attached hydrogens (tertiary/aromatic N) is 1. The molecule has 0 spiro atoms. The smallest absolute Gasteiger partial charge is 0.0642 e. The Bertz CT molecular complexity index is 462. The molecule has 1 N–H and O–H groups in total. The summed E-state index contributed by atoms with van der Waals surface area (Å²) in [7, 11) is 0. The first kappa shape index (κ1) is 16.6. The molecule has 0 aromatic heterocycles. The molecular formula is C18H29ClN2. The molecule has 1 heterocycles. The normalized spacial score (nSPS) is 18.3. The maximum absolute atomic E-state index is 6.51. The van der Waals surface area contributed by atoms with Crippen LogP contribution in [0.5, 0.6) is 0 Å². The number of para-hydroxylation sites is 1. The number of halogens is 1. The number of benzene rings is 1. The molecule has 0 unspecified atom stereocenters. The van der Waals surface area contributed by atoms with Gasteiger partial charge in [-0.3, -0.25) is 0 Å². The average molecular weight is 309 g/mol. The van der Waals surface area contributed by atoms with Gasteiger partial charge in [0.15, 0.2) is 0 Å². The van der Waals surface area contributed by atoms with Gasteiger partial charge >= 0.3 is 0 Å². The van der Waals surface area contributed by atoms with Crippen LogP contribution in [0.4, 0.5) is 5.69 Å². The largest absolute Gasteiger partial charge is 0.370 e. The standard InChI is InChI=1S/C18H29ClN2/c1-5-18(4)9-11-21(12-10-18)17-15(13-20-14(2)3)7-6-8-16(17)19/h6-8,14,20H,5,9-13H2,1-4H3. The second-order valence-electron chi connectivity index (χ2n) is 6.93. The molecule has 1 fully saturated rings. The first-order valence-corrected chi connectivity index (χ1v) is 8.59. The zero-order valence-corrected chi connectivity index (χ0v) is 14.6. The van der Waals surface area contributed by atoms with Gasteiger partial charge in [0, 0.05) is 25.7 Å². The Balaban J connectivity index is 2.15. The van der Waals surface area contributed by atoms with Crippen molar-refractivity contribution in [2.75, 3.05) is 18.0 Å². The topological polar surface area (TPSA) is 15.3 Å². The van der Waals surface area contributed by atoms with E-state index in [1.807, 2.05) is 6.07 Å². The molecule has 2 rings (SSSR count). The highest BCUT2D eigenvalue weighted by atomic mass is 35.5. The summed E-state index contributed by atoms with van der Waals surface area (Å²) in [5.74, 6) is 0. The molecule has 0 atom stereocenters. The van der Waals surface area contributed by atoms with Gasteiger partial charge in [-0.15, -0.1) is 0 Å². The van der Waals surface area contributed by atoms with Crippen molar-refractivity contribution in [3.05, 3.63) is 28.8 Å². The highest BCUT2D eigenvalue weighted by molar-refractivity contribution is 6.33. The van der Waals surface area contributed by atoms with Crippen LogP contribution in [0, 0.1) is 5.41 Å². The van der Waals surface area contributed by atoms with Gasteiger partial charge in [0.2, 0.25) is 0 Å². The maximum Gasteiger partial charge on any atom is 0.0642 e. The Morgan fingerprint density at radius 2 is 1.95 bits per heavy atom. The SMILES string of the molecule is CCC1(C)CCN(c2c(Cl)cccc2CNC(C)C)CC1. The van der Waals surface area contributed by atoms with Gasteiger partial charge in [-0.1, -0.05) is 57.8 Å². The van der Waals surface area contributed by atoms with Crippen molar-refractivity contribution in [2.24, 2.45) is 5.41 Å². The molecule has 0 radical (unpaired) electrons. The summed E-state index contributed by atoms with van der Waals surface area (Å²) in [4.78, 5) is 2.48. The minimum absolute atomic E-state index is 0.488. The number of hydrogen-bond acceptors (Lipinski definition) is 2. The second-order valence-corrected chi connectivity index (χ2v) is 7.34. The number of piperidine rings is 1. The Kier molecular flexibility index (Phi) is 5.56. The Hall–Kier alpha value is -0.730. The van der Waals surface area contributed by atoms with E-state index in [-0.39, 0.29) is 0 Å². The summed E-state index contributed by atoms with van der Waals surface area (Å²) in [5.41, 5.74) is 3.07. The van der Waals surface area contributed by atoms with Crippen molar-refractivity contribution in [3.8, 4) is 0 Å². The molecule has 118 valence electrons. The minimum atomic E-state index is 0.488. The maximum atomic E-state index is 6.51. The molecule has 0 bridgehead atoms. The first-order chi connectivity index (χ1) is 9.95. The lowest BCUT2D eigenvalue weighted by Gasteiger charge is -2.41.